The molecule has 3 aromatic rings. The van der Waals surface area contributed by atoms with Crippen molar-refractivity contribution in [2.24, 2.45) is 7.05 Å². The molecule has 0 unspecified atom stereocenters. The Balaban J connectivity index is 1.61. The Bertz CT molecular complexity index is 674. The third-order valence-electron chi connectivity index (χ3n) is 3.00. The number of aryl methyl sites for hydroxylation is 1. The normalized spacial score (nSPS) is 10.8. The lowest BCUT2D eigenvalue weighted by Gasteiger charge is -1.98. The molecule has 2 heterocycles. The van der Waals surface area contributed by atoms with Gasteiger partial charge in [0.15, 0.2) is 0 Å². The van der Waals surface area contributed by atoms with Crippen molar-refractivity contribution in [1.82, 2.24) is 25.0 Å². The first-order chi connectivity index (χ1) is 9.81. The molecule has 0 amide bonds. The molecule has 2 aromatic heterocycles. The van der Waals surface area contributed by atoms with E-state index in [0.29, 0.717) is 0 Å². The summed E-state index contributed by atoms with van der Waals surface area (Å²) in [5, 5.41) is 12.2. The molecule has 0 atom stereocenters. The van der Waals surface area contributed by atoms with E-state index in [-0.39, 0.29) is 0 Å². The zero-order chi connectivity index (χ0) is 13.8. The molecule has 0 saturated heterocycles. The fourth-order valence-corrected chi connectivity index (χ4v) is 2.74. The third-order valence-corrected chi connectivity index (χ3v) is 3.88. The highest BCUT2D eigenvalue weighted by molar-refractivity contribution is 7.98. The second-order valence-corrected chi connectivity index (χ2v) is 5.40. The van der Waals surface area contributed by atoms with Crippen LogP contribution in [0.5, 0.6) is 0 Å². The Morgan fingerprint density at radius 1 is 1.20 bits per heavy atom. The molecule has 1 aromatic carbocycles. The lowest BCUT2D eigenvalue weighted by atomic mass is 10.1. The van der Waals surface area contributed by atoms with Crippen molar-refractivity contribution in [2.75, 3.05) is 0 Å². The van der Waals surface area contributed by atoms with Crippen LogP contribution in [0.2, 0.25) is 0 Å². The molecular weight excluding hydrogens is 270 g/mol. The smallest absolute Gasteiger partial charge is 0.208 e. The van der Waals surface area contributed by atoms with E-state index in [1.165, 1.54) is 5.56 Å². The minimum absolute atomic E-state index is 0.775. The quantitative estimate of drug-likeness (QED) is 0.731. The van der Waals surface area contributed by atoms with Gasteiger partial charge >= 0.3 is 0 Å². The maximum absolute atomic E-state index is 4.50. The van der Waals surface area contributed by atoms with Crippen LogP contribution < -0.4 is 0 Å². The first kappa shape index (κ1) is 12.9. The van der Waals surface area contributed by atoms with Crippen LogP contribution in [0.1, 0.15) is 17.1 Å². The summed E-state index contributed by atoms with van der Waals surface area (Å²) in [6, 6.07) is 12.3. The van der Waals surface area contributed by atoms with Crippen LogP contribution in [0.3, 0.4) is 0 Å². The summed E-state index contributed by atoms with van der Waals surface area (Å²) in [5.74, 6) is 1.71. The third kappa shape index (κ3) is 3.08. The van der Waals surface area contributed by atoms with Crippen LogP contribution in [-0.4, -0.2) is 25.0 Å². The monoisotopic (exact) mass is 285 g/mol. The Hall–Kier alpha value is -2.08. The van der Waals surface area contributed by atoms with E-state index in [0.717, 1.165) is 28.8 Å². The molecule has 20 heavy (non-hydrogen) atoms. The standard InChI is InChI=1S/C14H15N5S/c1-19-12(7-8-15-19)10-20-14-16-13(17-18-14)9-11-5-3-2-4-6-11/h2-8H,9-10H2,1H3,(H,16,17,18). The Morgan fingerprint density at radius 2 is 2.05 bits per heavy atom. The number of H-pyrrole nitrogens is 1. The highest BCUT2D eigenvalue weighted by atomic mass is 32.2. The van der Waals surface area contributed by atoms with Gasteiger partial charge in [0, 0.05) is 31.1 Å². The van der Waals surface area contributed by atoms with E-state index in [1.807, 2.05) is 36.0 Å². The maximum atomic E-state index is 4.50. The molecular formula is C14H15N5S. The van der Waals surface area contributed by atoms with Crippen molar-refractivity contribution in [3.8, 4) is 0 Å². The predicted molar refractivity (Wildman–Crippen MR) is 78.4 cm³/mol. The zero-order valence-corrected chi connectivity index (χ0v) is 12.0. The van der Waals surface area contributed by atoms with Gasteiger partial charge in [0.2, 0.25) is 5.16 Å². The van der Waals surface area contributed by atoms with Crippen molar-refractivity contribution in [2.45, 2.75) is 17.3 Å². The van der Waals surface area contributed by atoms with Crippen LogP contribution in [0.15, 0.2) is 47.8 Å². The van der Waals surface area contributed by atoms with Gasteiger partial charge in [0.25, 0.3) is 0 Å². The average Bonchev–Trinajstić information content (AvgIpc) is 3.07. The molecule has 6 heteroatoms. The Morgan fingerprint density at radius 3 is 2.80 bits per heavy atom. The molecule has 0 aliphatic carbocycles. The minimum Gasteiger partial charge on any atom is -0.272 e. The molecule has 102 valence electrons. The molecule has 0 spiro atoms. The fourth-order valence-electron chi connectivity index (χ4n) is 1.89. The van der Waals surface area contributed by atoms with Crippen LogP contribution in [0.4, 0.5) is 0 Å². The molecule has 5 nitrogen and oxygen atoms in total. The number of aromatic nitrogens is 5. The Kier molecular flexibility index (Phi) is 3.83. The number of nitrogens with zero attached hydrogens (tertiary/aromatic N) is 4. The summed E-state index contributed by atoms with van der Waals surface area (Å²) in [6.07, 6.45) is 2.58. The Labute approximate surface area is 121 Å². The fraction of sp³-hybridized carbons (Fsp3) is 0.214. The molecule has 1 N–H and O–H groups in total. The van der Waals surface area contributed by atoms with Crippen LogP contribution >= 0.6 is 11.8 Å². The minimum atomic E-state index is 0.775. The summed E-state index contributed by atoms with van der Waals surface area (Å²) >= 11 is 1.61. The molecule has 0 saturated carbocycles. The molecule has 0 bridgehead atoms. The summed E-state index contributed by atoms with van der Waals surface area (Å²) in [4.78, 5) is 4.50. The SMILES string of the molecule is Cn1nccc1CSc1n[nH]c(Cc2ccccc2)n1. The number of hydrogen-bond acceptors (Lipinski definition) is 4. The maximum Gasteiger partial charge on any atom is 0.208 e. The van der Waals surface area contributed by atoms with E-state index in [4.69, 9.17) is 0 Å². The number of hydrogen-bond donors (Lipinski definition) is 1. The van der Waals surface area contributed by atoms with Gasteiger partial charge in [-0.1, -0.05) is 42.1 Å². The number of aromatic amines is 1. The zero-order valence-electron chi connectivity index (χ0n) is 11.2. The van der Waals surface area contributed by atoms with Crippen LogP contribution in [-0.2, 0) is 19.2 Å². The van der Waals surface area contributed by atoms with E-state index >= 15 is 0 Å². The summed E-state index contributed by atoms with van der Waals surface area (Å²) in [6.45, 7) is 0. The highest BCUT2D eigenvalue weighted by Crippen LogP contribution is 2.18. The largest absolute Gasteiger partial charge is 0.272 e. The summed E-state index contributed by atoms with van der Waals surface area (Å²) in [7, 11) is 1.94. The molecule has 3 rings (SSSR count). The van der Waals surface area contributed by atoms with Crippen LogP contribution in [0, 0.1) is 0 Å². The van der Waals surface area contributed by atoms with Crippen LogP contribution in [0.25, 0.3) is 0 Å². The average molecular weight is 285 g/mol. The lowest BCUT2D eigenvalue weighted by Crippen LogP contribution is -1.96. The molecule has 0 aliphatic heterocycles. The number of benzene rings is 1. The van der Waals surface area contributed by atoms with E-state index in [2.05, 4.69) is 32.4 Å². The van der Waals surface area contributed by atoms with Crippen molar-refractivity contribution in [3.05, 3.63) is 59.7 Å². The van der Waals surface area contributed by atoms with Gasteiger partial charge in [-0.15, -0.1) is 5.10 Å². The first-order valence-corrected chi connectivity index (χ1v) is 7.35. The van der Waals surface area contributed by atoms with Gasteiger partial charge in [-0.25, -0.2) is 4.98 Å². The van der Waals surface area contributed by atoms with Gasteiger partial charge in [-0.3, -0.25) is 9.78 Å². The predicted octanol–water partition coefficient (Wildman–Crippen LogP) is 2.42. The van der Waals surface area contributed by atoms with Gasteiger partial charge in [0.1, 0.15) is 5.82 Å². The highest BCUT2D eigenvalue weighted by Gasteiger charge is 2.06. The number of thioether (sulfide) groups is 1. The van der Waals surface area contributed by atoms with E-state index < -0.39 is 0 Å². The number of rotatable bonds is 5. The van der Waals surface area contributed by atoms with Crippen molar-refractivity contribution >= 4 is 11.8 Å². The van der Waals surface area contributed by atoms with Gasteiger partial charge in [-0.2, -0.15) is 5.10 Å². The first-order valence-electron chi connectivity index (χ1n) is 6.36. The molecule has 0 fully saturated rings. The second-order valence-electron chi connectivity index (χ2n) is 4.46. The van der Waals surface area contributed by atoms with Crippen molar-refractivity contribution < 1.29 is 0 Å². The molecule has 0 radical (unpaired) electrons. The van der Waals surface area contributed by atoms with Crippen molar-refractivity contribution in [3.63, 3.8) is 0 Å². The van der Waals surface area contributed by atoms with Gasteiger partial charge in [0.05, 0.1) is 0 Å². The summed E-state index contributed by atoms with van der Waals surface area (Å²) < 4.78 is 1.87. The molecule has 0 aliphatic rings. The van der Waals surface area contributed by atoms with Crippen molar-refractivity contribution in [1.29, 1.82) is 0 Å². The number of nitrogens with one attached hydrogen (secondary N) is 1. The lowest BCUT2D eigenvalue weighted by molar-refractivity contribution is 0.736. The topological polar surface area (TPSA) is 59.4 Å². The van der Waals surface area contributed by atoms with Gasteiger partial charge < -0.3 is 0 Å². The summed E-state index contributed by atoms with van der Waals surface area (Å²) in [5.41, 5.74) is 2.39. The van der Waals surface area contributed by atoms with E-state index in [9.17, 15) is 0 Å². The van der Waals surface area contributed by atoms with Gasteiger partial charge in [-0.05, 0) is 11.6 Å². The van der Waals surface area contributed by atoms with E-state index in [1.54, 1.807) is 18.0 Å². The second kappa shape index (κ2) is 5.92.